The van der Waals surface area contributed by atoms with E-state index in [4.69, 9.17) is 11.6 Å². The Morgan fingerprint density at radius 2 is 1.90 bits per heavy atom. The van der Waals surface area contributed by atoms with Gasteiger partial charge in [0.1, 0.15) is 11.7 Å². The van der Waals surface area contributed by atoms with Gasteiger partial charge in [-0.25, -0.2) is 17.2 Å². The molecular formula is C28H27ClF2N2O5S. The first-order chi connectivity index (χ1) is 18.4. The zero-order valence-electron chi connectivity index (χ0n) is 20.9. The molecule has 2 aliphatic rings. The lowest BCUT2D eigenvalue weighted by Gasteiger charge is -2.45. The number of anilines is 1. The number of fused-ring (bicyclic) bond motifs is 2. The lowest BCUT2D eigenvalue weighted by molar-refractivity contribution is -0.148. The van der Waals surface area contributed by atoms with Gasteiger partial charge in [0.15, 0.2) is 21.5 Å². The largest absolute Gasteiger partial charge is 0.386 e. The third kappa shape index (κ3) is 4.84. The summed E-state index contributed by atoms with van der Waals surface area (Å²) in [6, 6.07) is 10.0. The zero-order valence-corrected chi connectivity index (χ0v) is 22.5. The Kier molecular flexibility index (Phi) is 7.26. The van der Waals surface area contributed by atoms with Crippen LogP contribution < -0.4 is 5.32 Å². The highest BCUT2D eigenvalue weighted by molar-refractivity contribution is 7.92. The molecule has 1 heterocycles. The number of carbonyl (C=O) groups is 1. The molecule has 6 atom stereocenters. The number of rotatable bonds is 6. The van der Waals surface area contributed by atoms with E-state index in [1.54, 1.807) is 18.3 Å². The predicted octanol–water partition coefficient (Wildman–Crippen LogP) is 4.94. The fraction of sp³-hybridized carbons (Fsp3) is 0.357. The van der Waals surface area contributed by atoms with Gasteiger partial charge in [-0.1, -0.05) is 24.6 Å². The molecule has 1 amide bonds. The van der Waals surface area contributed by atoms with E-state index < -0.39 is 56.2 Å². The number of pyridine rings is 1. The van der Waals surface area contributed by atoms with Crippen LogP contribution in [-0.4, -0.2) is 40.4 Å². The van der Waals surface area contributed by atoms with Gasteiger partial charge < -0.3 is 15.5 Å². The van der Waals surface area contributed by atoms with E-state index in [1.165, 1.54) is 30.5 Å². The van der Waals surface area contributed by atoms with Crippen molar-refractivity contribution in [3.05, 3.63) is 88.7 Å². The van der Waals surface area contributed by atoms with Crippen LogP contribution >= 0.6 is 11.6 Å². The first-order valence-corrected chi connectivity index (χ1v) is 14.5. The summed E-state index contributed by atoms with van der Waals surface area (Å²) in [5.74, 6) is -3.94. The Balaban J connectivity index is 1.41. The summed E-state index contributed by atoms with van der Waals surface area (Å²) < 4.78 is 54.5. The molecule has 0 radical (unpaired) electrons. The Labute approximate surface area is 229 Å². The fourth-order valence-electron chi connectivity index (χ4n) is 6.27. The number of sulfone groups is 1. The molecule has 2 unspecified atom stereocenters. The fourth-order valence-corrected chi connectivity index (χ4v) is 8.64. The van der Waals surface area contributed by atoms with E-state index in [1.807, 2.05) is 6.92 Å². The second kappa shape index (κ2) is 10.2. The van der Waals surface area contributed by atoms with Crippen molar-refractivity contribution in [1.82, 2.24) is 4.98 Å². The zero-order chi connectivity index (χ0) is 28.1. The van der Waals surface area contributed by atoms with Crippen molar-refractivity contribution in [3.63, 3.8) is 0 Å². The maximum Gasteiger partial charge on any atom is 0.255 e. The highest BCUT2D eigenvalue weighted by atomic mass is 35.5. The van der Waals surface area contributed by atoms with Crippen molar-refractivity contribution in [1.29, 1.82) is 0 Å². The molecule has 0 saturated heterocycles. The lowest BCUT2D eigenvalue weighted by atomic mass is 9.69. The van der Waals surface area contributed by atoms with E-state index >= 15 is 0 Å². The summed E-state index contributed by atoms with van der Waals surface area (Å²) in [4.78, 5) is 16.6. The van der Waals surface area contributed by atoms with Crippen LogP contribution in [0.3, 0.4) is 0 Å². The molecule has 5 rings (SSSR count). The highest BCUT2D eigenvalue weighted by Gasteiger charge is 2.61. The number of aliphatic hydroxyl groups is 2. The van der Waals surface area contributed by atoms with Crippen LogP contribution in [0.5, 0.6) is 0 Å². The molecule has 3 aromatic rings. The Hall–Kier alpha value is -2.92. The summed E-state index contributed by atoms with van der Waals surface area (Å²) in [7, 11) is -4.05. The van der Waals surface area contributed by atoms with Gasteiger partial charge in [0.05, 0.1) is 15.2 Å². The molecule has 3 N–H and O–H groups in total. The highest BCUT2D eigenvalue weighted by Crippen LogP contribution is 2.58. The SMILES string of the molecule is C[C@H]1CC2C[C@@H](S(=O)(=O)c3cc(C(=O)Nc4ccc(F)c(F)c4)ccc3Cl)CC1[C@@]2(O)[C@@H](O)c1cccnc1. The van der Waals surface area contributed by atoms with E-state index in [-0.39, 0.29) is 39.9 Å². The molecule has 7 nitrogen and oxygen atoms in total. The second-order valence-electron chi connectivity index (χ2n) is 10.5. The van der Waals surface area contributed by atoms with E-state index in [2.05, 4.69) is 10.3 Å². The van der Waals surface area contributed by atoms with Crippen LogP contribution in [0.25, 0.3) is 0 Å². The number of amides is 1. The summed E-state index contributed by atoms with van der Waals surface area (Å²) in [6.45, 7) is 1.94. The molecule has 2 aromatic carbocycles. The van der Waals surface area contributed by atoms with E-state index in [0.717, 1.165) is 12.1 Å². The van der Waals surface area contributed by atoms with Gasteiger partial charge in [-0.15, -0.1) is 0 Å². The van der Waals surface area contributed by atoms with E-state index in [9.17, 15) is 32.2 Å². The van der Waals surface area contributed by atoms with Crippen LogP contribution in [0, 0.1) is 29.4 Å². The van der Waals surface area contributed by atoms with Crippen LogP contribution in [0.4, 0.5) is 14.5 Å². The van der Waals surface area contributed by atoms with Crippen molar-refractivity contribution < 1.29 is 32.2 Å². The van der Waals surface area contributed by atoms with Gasteiger partial charge >= 0.3 is 0 Å². The number of hydrogen-bond acceptors (Lipinski definition) is 6. The monoisotopic (exact) mass is 576 g/mol. The molecular weight excluding hydrogens is 550 g/mol. The van der Waals surface area contributed by atoms with Crippen LogP contribution in [-0.2, 0) is 9.84 Å². The molecule has 0 spiro atoms. The number of aromatic nitrogens is 1. The average molecular weight is 577 g/mol. The minimum absolute atomic E-state index is 0.00237. The third-order valence-electron chi connectivity index (χ3n) is 8.21. The smallest absolute Gasteiger partial charge is 0.255 e. The van der Waals surface area contributed by atoms with Gasteiger partial charge in [-0.05, 0) is 73.4 Å². The first kappa shape index (κ1) is 27.6. The van der Waals surface area contributed by atoms with Gasteiger partial charge in [0, 0.05) is 35.3 Å². The van der Waals surface area contributed by atoms with Gasteiger partial charge in [-0.2, -0.15) is 0 Å². The number of aliphatic hydroxyl groups excluding tert-OH is 1. The van der Waals surface area contributed by atoms with Gasteiger partial charge in [-0.3, -0.25) is 9.78 Å². The predicted molar refractivity (Wildman–Crippen MR) is 141 cm³/mol. The summed E-state index contributed by atoms with van der Waals surface area (Å²) in [6.07, 6.45) is 2.60. The van der Waals surface area contributed by atoms with Crippen molar-refractivity contribution in [3.8, 4) is 0 Å². The van der Waals surface area contributed by atoms with Crippen LogP contribution in [0.15, 0.2) is 65.8 Å². The summed E-state index contributed by atoms with van der Waals surface area (Å²) in [5, 5.41) is 24.4. The molecule has 2 bridgehead atoms. The summed E-state index contributed by atoms with van der Waals surface area (Å²) in [5.41, 5.74) is -1.07. The average Bonchev–Trinajstić information content (AvgIpc) is 3.03. The normalized spacial score (nSPS) is 27.2. The molecule has 2 aliphatic carbocycles. The third-order valence-corrected chi connectivity index (χ3v) is 10.9. The number of halogens is 3. The second-order valence-corrected chi connectivity index (χ2v) is 13.1. The van der Waals surface area contributed by atoms with Gasteiger partial charge in [0.2, 0.25) is 0 Å². The Morgan fingerprint density at radius 3 is 2.56 bits per heavy atom. The molecule has 0 aliphatic heterocycles. The number of nitrogens with one attached hydrogen (secondary N) is 1. The molecule has 1 aromatic heterocycles. The van der Waals surface area contributed by atoms with E-state index in [0.29, 0.717) is 12.0 Å². The lowest BCUT2D eigenvalue weighted by Crippen LogP contribution is -2.52. The van der Waals surface area contributed by atoms with Crippen LogP contribution in [0.2, 0.25) is 5.02 Å². The van der Waals surface area contributed by atoms with Crippen molar-refractivity contribution in [2.45, 2.75) is 48.0 Å². The number of carbonyl (C=O) groups excluding carboxylic acids is 1. The molecule has 2 fully saturated rings. The van der Waals surface area contributed by atoms with Crippen molar-refractivity contribution in [2.24, 2.45) is 17.8 Å². The number of nitrogens with zero attached hydrogens (tertiary/aromatic N) is 1. The minimum Gasteiger partial charge on any atom is -0.386 e. The Bertz CT molecular complexity index is 1520. The first-order valence-electron chi connectivity index (χ1n) is 12.5. The maximum atomic E-state index is 13.8. The van der Waals surface area contributed by atoms with Crippen molar-refractivity contribution >= 4 is 33.0 Å². The Morgan fingerprint density at radius 1 is 1.13 bits per heavy atom. The standard InChI is InChI=1S/C28H27ClF2N2O5S/c1-15-9-18-11-20(13-21(15)28(18,36)26(34)17-3-2-8-32-14-17)39(37,38)25-10-16(4-6-22(25)29)27(35)33-19-5-7-23(30)24(31)12-19/h2-8,10,12,14-15,18,20-21,26,34,36H,9,11,13H2,1H3,(H,33,35)/t15-,18?,20+,21?,26-,28+/m0/s1. The maximum absolute atomic E-state index is 13.8. The minimum atomic E-state index is -4.05. The van der Waals surface area contributed by atoms with Crippen molar-refractivity contribution in [2.75, 3.05) is 5.32 Å². The van der Waals surface area contributed by atoms with Crippen LogP contribution in [0.1, 0.15) is 48.2 Å². The summed E-state index contributed by atoms with van der Waals surface area (Å²) >= 11 is 6.31. The molecule has 2 saturated carbocycles. The topological polar surface area (TPSA) is 117 Å². The quantitative estimate of drug-likeness (QED) is 0.383. The number of hydrogen-bond donors (Lipinski definition) is 3. The molecule has 206 valence electrons. The number of benzene rings is 2. The molecule has 39 heavy (non-hydrogen) atoms. The molecule has 11 heteroatoms. The van der Waals surface area contributed by atoms with Gasteiger partial charge in [0.25, 0.3) is 5.91 Å².